The Labute approximate surface area is 108 Å². The smallest absolute Gasteiger partial charge is 0.128 e. The summed E-state index contributed by atoms with van der Waals surface area (Å²) >= 11 is 0. The molecule has 94 valence electrons. The number of rotatable bonds is 4. The van der Waals surface area contributed by atoms with Gasteiger partial charge in [0.25, 0.3) is 0 Å². The molecule has 1 N–H and O–H groups in total. The molecule has 3 heteroatoms. The lowest BCUT2D eigenvalue weighted by Gasteiger charge is -2.10. The number of anilines is 1. The summed E-state index contributed by atoms with van der Waals surface area (Å²) < 4.78 is 5.39. The molecule has 0 atom stereocenters. The van der Waals surface area contributed by atoms with E-state index >= 15 is 0 Å². The third kappa shape index (κ3) is 2.62. The highest BCUT2D eigenvalue weighted by atomic mass is 16.5. The zero-order valence-electron chi connectivity index (χ0n) is 11.0. The van der Waals surface area contributed by atoms with Crippen LogP contribution < -0.4 is 10.1 Å². The van der Waals surface area contributed by atoms with Crippen molar-refractivity contribution in [3.8, 4) is 17.0 Å². The zero-order valence-corrected chi connectivity index (χ0v) is 11.0. The van der Waals surface area contributed by atoms with Gasteiger partial charge in [-0.05, 0) is 38.1 Å². The van der Waals surface area contributed by atoms with Gasteiger partial charge in [-0.15, -0.1) is 0 Å². The van der Waals surface area contributed by atoms with E-state index in [0.29, 0.717) is 0 Å². The number of nitrogens with one attached hydrogen (secondary N) is 1. The number of aryl methyl sites for hydroxylation is 1. The summed E-state index contributed by atoms with van der Waals surface area (Å²) in [6.07, 6.45) is 1.81. The number of hydrogen-bond donors (Lipinski definition) is 1. The summed E-state index contributed by atoms with van der Waals surface area (Å²) in [5, 5.41) is 3.29. The van der Waals surface area contributed by atoms with E-state index in [4.69, 9.17) is 4.74 Å². The van der Waals surface area contributed by atoms with Crippen LogP contribution in [0.25, 0.3) is 11.3 Å². The van der Waals surface area contributed by atoms with Crippen LogP contribution in [0.5, 0.6) is 5.75 Å². The Morgan fingerprint density at radius 3 is 2.78 bits per heavy atom. The van der Waals surface area contributed by atoms with Crippen molar-refractivity contribution in [1.29, 1.82) is 0 Å². The third-order valence-electron chi connectivity index (χ3n) is 2.77. The lowest BCUT2D eigenvalue weighted by Crippen LogP contribution is -1.97. The van der Waals surface area contributed by atoms with Crippen LogP contribution in [-0.2, 0) is 0 Å². The average Bonchev–Trinajstić information content (AvgIpc) is 2.39. The van der Waals surface area contributed by atoms with Crippen LogP contribution in [0.1, 0.15) is 12.5 Å². The van der Waals surface area contributed by atoms with Crippen molar-refractivity contribution >= 4 is 5.69 Å². The van der Waals surface area contributed by atoms with Crippen LogP contribution in [0, 0.1) is 6.92 Å². The fourth-order valence-electron chi connectivity index (χ4n) is 1.91. The number of nitrogens with zero attached hydrogens (tertiary/aromatic N) is 1. The Morgan fingerprint density at radius 1 is 1.22 bits per heavy atom. The number of pyridine rings is 1. The molecular weight excluding hydrogens is 224 g/mol. The molecule has 0 aliphatic rings. The normalized spacial score (nSPS) is 10.2. The van der Waals surface area contributed by atoms with Crippen LogP contribution in [-0.4, -0.2) is 18.6 Å². The molecule has 18 heavy (non-hydrogen) atoms. The summed E-state index contributed by atoms with van der Waals surface area (Å²) in [5.41, 5.74) is 4.22. The molecule has 1 aromatic heterocycles. The molecule has 0 radical (unpaired) electrons. The Kier molecular flexibility index (Phi) is 3.82. The van der Waals surface area contributed by atoms with Gasteiger partial charge in [-0.25, -0.2) is 0 Å². The van der Waals surface area contributed by atoms with E-state index in [9.17, 15) is 0 Å². The van der Waals surface area contributed by atoms with Gasteiger partial charge in [0.2, 0.25) is 0 Å². The summed E-state index contributed by atoms with van der Waals surface area (Å²) in [4.78, 5) is 4.42. The molecule has 0 amide bonds. The minimum absolute atomic E-state index is 0.849. The molecule has 1 heterocycles. The Hall–Kier alpha value is -2.03. The van der Waals surface area contributed by atoms with Gasteiger partial charge in [-0.1, -0.05) is 11.6 Å². The minimum atomic E-state index is 0.849. The van der Waals surface area contributed by atoms with Gasteiger partial charge in [0.15, 0.2) is 0 Å². The first-order valence-corrected chi connectivity index (χ1v) is 6.09. The monoisotopic (exact) mass is 242 g/mol. The van der Waals surface area contributed by atoms with Crippen molar-refractivity contribution in [3.63, 3.8) is 0 Å². The second-order valence-corrected chi connectivity index (χ2v) is 4.16. The first-order chi connectivity index (χ1) is 8.74. The van der Waals surface area contributed by atoms with Crippen molar-refractivity contribution in [2.75, 3.05) is 19.0 Å². The summed E-state index contributed by atoms with van der Waals surface area (Å²) in [6.45, 7) is 5.04. The van der Waals surface area contributed by atoms with E-state index in [1.54, 1.807) is 7.11 Å². The fourth-order valence-corrected chi connectivity index (χ4v) is 1.91. The topological polar surface area (TPSA) is 34.2 Å². The van der Waals surface area contributed by atoms with Crippen molar-refractivity contribution in [2.24, 2.45) is 0 Å². The van der Waals surface area contributed by atoms with Crippen molar-refractivity contribution in [1.82, 2.24) is 4.98 Å². The maximum Gasteiger partial charge on any atom is 0.128 e. The zero-order chi connectivity index (χ0) is 13.0. The largest absolute Gasteiger partial charge is 0.496 e. The lowest BCUT2D eigenvalue weighted by atomic mass is 10.1. The molecule has 0 saturated heterocycles. The lowest BCUT2D eigenvalue weighted by molar-refractivity contribution is 0.416. The predicted octanol–water partition coefficient (Wildman–Crippen LogP) is 3.50. The molecule has 2 aromatic rings. The Bertz CT molecular complexity index is 538. The number of aromatic nitrogens is 1. The summed E-state index contributed by atoms with van der Waals surface area (Å²) in [6, 6.07) is 10.1. The van der Waals surface area contributed by atoms with Gasteiger partial charge in [0, 0.05) is 24.0 Å². The van der Waals surface area contributed by atoms with Crippen molar-refractivity contribution in [2.45, 2.75) is 13.8 Å². The van der Waals surface area contributed by atoms with Gasteiger partial charge in [-0.3, -0.25) is 4.98 Å². The van der Waals surface area contributed by atoms with Gasteiger partial charge < -0.3 is 10.1 Å². The third-order valence-corrected chi connectivity index (χ3v) is 2.77. The van der Waals surface area contributed by atoms with Crippen LogP contribution in [0.15, 0.2) is 36.5 Å². The van der Waals surface area contributed by atoms with Gasteiger partial charge in [0.1, 0.15) is 5.75 Å². The molecule has 0 aliphatic carbocycles. The number of benzene rings is 1. The van der Waals surface area contributed by atoms with E-state index in [1.165, 1.54) is 5.56 Å². The van der Waals surface area contributed by atoms with Crippen LogP contribution >= 0.6 is 0 Å². The van der Waals surface area contributed by atoms with Crippen LogP contribution in [0.2, 0.25) is 0 Å². The summed E-state index contributed by atoms with van der Waals surface area (Å²) in [5.74, 6) is 0.849. The molecular formula is C15H18N2O. The van der Waals surface area contributed by atoms with Gasteiger partial charge in [-0.2, -0.15) is 0 Å². The second kappa shape index (κ2) is 5.54. The van der Waals surface area contributed by atoms with E-state index < -0.39 is 0 Å². The molecule has 0 saturated carbocycles. The average molecular weight is 242 g/mol. The van der Waals surface area contributed by atoms with E-state index in [2.05, 4.69) is 30.2 Å². The first kappa shape index (κ1) is 12.4. The highest BCUT2D eigenvalue weighted by Crippen LogP contribution is 2.30. The maximum atomic E-state index is 5.39. The molecule has 3 nitrogen and oxygen atoms in total. The molecule has 0 unspecified atom stereocenters. The van der Waals surface area contributed by atoms with Gasteiger partial charge in [0.05, 0.1) is 12.8 Å². The Morgan fingerprint density at radius 2 is 2.06 bits per heavy atom. The van der Waals surface area contributed by atoms with E-state index in [-0.39, 0.29) is 0 Å². The highest BCUT2D eigenvalue weighted by molar-refractivity contribution is 5.70. The molecule has 0 aliphatic heterocycles. The minimum Gasteiger partial charge on any atom is -0.496 e. The van der Waals surface area contributed by atoms with Gasteiger partial charge >= 0.3 is 0 Å². The standard InChI is InChI=1S/C15H18N2O/c1-4-16-12-7-8-17-14(10-12)13-9-11(2)5-6-15(13)18-3/h5-10H,4H2,1-3H3,(H,16,17). The molecule has 1 aromatic carbocycles. The molecule has 0 spiro atoms. The molecule has 0 bridgehead atoms. The molecule has 0 fully saturated rings. The fraction of sp³-hybridized carbons (Fsp3) is 0.267. The number of hydrogen-bond acceptors (Lipinski definition) is 3. The Balaban J connectivity index is 2.47. The SMILES string of the molecule is CCNc1ccnc(-c2cc(C)ccc2OC)c1. The first-order valence-electron chi connectivity index (χ1n) is 6.09. The van der Waals surface area contributed by atoms with E-state index in [0.717, 1.165) is 29.2 Å². The number of methoxy groups -OCH3 is 1. The van der Waals surface area contributed by atoms with Crippen molar-refractivity contribution < 1.29 is 4.74 Å². The molecule has 2 rings (SSSR count). The summed E-state index contributed by atoms with van der Waals surface area (Å²) in [7, 11) is 1.68. The van der Waals surface area contributed by atoms with Crippen LogP contribution in [0.3, 0.4) is 0 Å². The number of ether oxygens (including phenoxy) is 1. The second-order valence-electron chi connectivity index (χ2n) is 4.16. The quantitative estimate of drug-likeness (QED) is 0.891. The van der Waals surface area contributed by atoms with E-state index in [1.807, 2.05) is 30.5 Å². The predicted molar refractivity (Wildman–Crippen MR) is 75.1 cm³/mol. The maximum absolute atomic E-state index is 5.39. The van der Waals surface area contributed by atoms with Crippen LogP contribution in [0.4, 0.5) is 5.69 Å². The highest BCUT2D eigenvalue weighted by Gasteiger charge is 2.07. The van der Waals surface area contributed by atoms with Crippen molar-refractivity contribution in [3.05, 3.63) is 42.1 Å².